The van der Waals surface area contributed by atoms with Gasteiger partial charge in [-0.05, 0) is 50.8 Å². The molecule has 0 bridgehead atoms. The summed E-state index contributed by atoms with van der Waals surface area (Å²) in [4.78, 5) is 23.5. The molecule has 1 aliphatic rings. The monoisotopic (exact) mass is 480 g/mol. The number of carbonyl (C=O) groups excluding carboxylic acids is 2. The molecule has 0 spiro atoms. The molecule has 0 radical (unpaired) electrons. The third-order valence-corrected chi connectivity index (χ3v) is 6.74. The molecule has 166 valence electrons. The minimum Gasteiger partial charge on any atom is -0.460 e. The van der Waals surface area contributed by atoms with Gasteiger partial charge >= 0.3 is 5.97 Å². The summed E-state index contributed by atoms with van der Waals surface area (Å²) >= 11 is 3.70. The van der Waals surface area contributed by atoms with Crippen molar-refractivity contribution in [3.63, 3.8) is 0 Å². The number of anilines is 1. The van der Waals surface area contributed by atoms with Crippen LogP contribution in [0.2, 0.25) is 0 Å². The summed E-state index contributed by atoms with van der Waals surface area (Å²) < 4.78 is 61.6. The van der Waals surface area contributed by atoms with E-state index in [1.54, 1.807) is 13.8 Å². The predicted molar refractivity (Wildman–Crippen MR) is 115 cm³/mol. The van der Waals surface area contributed by atoms with Gasteiger partial charge < -0.3 is 10.1 Å². The largest absolute Gasteiger partial charge is 0.460 e. The molecule has 30 heavy (non-hydrogen) atoms. The van der Waals surface area contributed by atoms with Crippen molar-refractivity contribution in [1.82, 2.24) is 5.32 Å². The van der Waals surface area contributed by atoms with Gasteiger partial charge in [-0.3, -0.25) is 9.52 Å². The Kier molecular flexibility index (Phi) is 8.56. The Labute approximate surface area is 182 Å². The Morgan fingerprint density at radius 3 is 2.50 bits per heavy atom. The molecule has 2 N–H and O–H groups in total. The lowest BCUT2D eigenvalue weighted by molar-refractivity contribution is -0.142. The highest BCUT2D eigenvalue weighted by atomic mass is 33.1. The molecule has 0 aromatic heterocycles. The van der Waals surface area contributed by atoms with Crippen molar-refractivity contribution < 1.29 is 31.5 Å². The molecule has 1 aromatic rings. The lowest BCUT2D eigenvalue weighted by Gasteiger charge is -2.24. The number of carbonyl (C=O) groups is 2. The van der Waals surface area contributed by atoms with Crippen LogP contribution in [0.15, 0.2) is 23.8 Å². The van der Waals surface area contributed by atoms with Crippen LogP contribution < -0.4 is 10.0 Å². The average Bonchev–Trinajstić information content (AvgIpc) is 2.68. The number of hydrogen-bond acceptors (Lipinski definition) is 7. The van der Waals surface area contributed by atoms with Gasteiger partial charge in [0, 0.05) is 17.3 Å². The first kappa shape index (κ1) is 24.5. The van der Waals surface area contributed by atoms with E-state index in [0.29, 0.717) is 23.6 Å². The van der Waals surface area contributed by atoms with Crippen LogP contribution in [0.4, 0.5) is 19.3 Å². The zero-order valence-corrected chi connectivity index (χ0v) is 18.8. The van der Waals surface area contributed by atoms with E-state index >= 15 is 0 Å². The molecule has 2 rings (SSSR count). The summed E-state index contributed by atoms with van der Waals surface area (Å²) in [5.74, 6) is -3.06. The van der Waals surface area contributed by atoms with E-state index in [9.17, 15) is 26.8 Å². The van der Waals surface area contributed by atoms with E-state index < -0.39 is 49.9 Å². The quantitative estimate of drug-likeness (QED) is 0.311. The van der Waals surface area contributed by atoms with Crippen LogP contribution >= 0.6 is 22.5 Å². The molecule has 1 amide bonds. The number of sulfonamides is 1. The van der Waals surface area contributed by atoms with Gasteiger partial charge in [-0.15, -0.1) is 11.7 Å². The van der Waals surface area contributed by atoms with Gasteiger partial charge in [0.2, 0.25) is 10.0 Å². The molecule has 1 atom stereocenters. The van der Waals surface area contributed by atoms with Crippen LogP contribution in [0.5, 0.6) is 0 Å². The van der Waals surface area contributed by atoms with E-state index in [2.05, 4.69) is 17.0 Å². The number of hydrogen-bond donors (Lipinski definition) is 3. The molecule has 1 aliphatic carbocycles. The molecule has 0 fully saturated rings. The number of halogens is 2. The normalized spacial score (nSPS) is 16.7. The van der Waals surface area contributed by atoms with Gasteiger partial charge in [0.1, 0.15) is 10.9 Å². The Hall–Kier alpha value is -1.79. The maximum absolute atomic E-state index is 14.4. The molecule has 0 saturated heterocycles. The summed E-state index contributed by atoms with van der Waals surface area (Å²) in [6.45, 7) is 3.10. The zero-order chi connectivity index (χ0) is 22.5. The second kappa shape index (κ2) is 10.5. The second-order valence-electron chi connectivity index (χ2n) is 6.85. The van der Waals surface area contributed by atoms with Crippen LogP contribution in [-0.2, 0) is 26.1 Å². The smallest absolute Gasteiger partial charge is 0.335 e. The highest BCUT2D eigenvalue weighted by molar-refractivity contribution is 8.74. The van der Waals surface area contributed by atoms with E-state index in [0.717, 1.165) is 12.1 Å². The number of amides is 1. The number of esters is 1. The first-order chi connectivity index (χ1) is 14.0. The summed E-state index contributed by atoms with van der Waals surface area (Å²) in [7, 11) is -3.73. The Balaban J connectivity index is 2.25. The Morgan fingerprint density at radius 1 is 1.30 bits per heavy atom. The highest BCUT2D eigenvalue weighted by Gasteiger charge is 2.36. The van der Waals surface area contributed by atoms with Crippen molar-refractivity contribution in [1.29, 1.82) is 0 Å². The van der Waals surface area contributed by atoms with Gasteiger partial charge in [-0.2, -0.15) is 0 Å². The lowest BCUT2D eigenvalue weighted by Crippen LogP contribution is -2.35. The van der Waals surface area contributed by atoms with E-state index in [4.69, 9.17) is 4.74 Å². The number of allylic oxidation sites excluding steroid dienone is 1. The van der Waals surface area contributed by atoms with Gasteiger partial charge in [0.15, 0.2) is 11.6 Å². The maximum atomic E-state index is 14.4. The van der Waals surface area contributed by atoms with Crippen LogP contribution in [0, 0.1) is 11.6 Å². The molecule has 1 unspecified atom stereocenters. The number of benzene rings is 1. The molecule has 0 aliphatic heterocycles. The predicted octanol–water partition coefficient (Wildman–Crippen LogP) is 3.92. The van der Waals surface area contributed by atoms with Crippen LogP contribution in [0.25, 0.3) is 0 Å². The van der Waals surface area contributed by atoms with Crippen molar-refractivity contribution in [3.8, 4) is 0 Å². The van der Waals surface area contributed by atoms with E-state index in [1.807, 2.05) is 4.72 Å². The zero-order valence-electron chi connectivity index (χ0n) is 16.3. The van der Waals surface area contributed by atoms with E-state index in [-0.39, 0.29) is 24.1 Å². The first-order valence-electron chi connectivity index (χ1n) is 9.05. The highest BCUT2D eigenvalue weighted by Crippen LogP contribution is 2.30. The topological polar surface area (TPSA) is 102 Å². The lowest BCUT2D eigenvalue weighted by atomic mass is 9.99. The van der Waals surface area contributed by atoms with Crippen molar-refractivity contribution >= 4 is 49.4 Å². The van der Waals surface area contributed by atoms with Crippen LogP contribution in [-0.4, -0.2) is 31.0 Å². The van der Waals surface area contributed by atoms with Crippen molar-refractivity contribution in [3.05, 3.63) is 41.0 Å². The number of ether oxygens (including phenoxy) is 1. The van der Waals surface area contributed by atoms with Crippen molar-refractivity contribution in [2.24, 2.45) is 0 Å². The number of nitrogens with one attached hydrogen (secondary N) is 2. The average molecular weight is 481 g/mol. The van der Waals surface area contributed by atoms with Crippen molar-refractivity contribution in [2.75, 3.05) is 4.72 Å². The number of rotatable bonds is 7. The van der Waals surface area contributed by atoms with Crippen LogP contribution in [0.3, 0.4) is 0 Å². The SMILES string of the molecule is CC(C)OC(=O)C1=CCCCC1S(=O)(=O)Nc1c(F)cc(CNC(=O)SS)cc1F. The molecular formula is C18H22F2N2O5S3. The second-order valence-corrected chi connectivity index (χ2v) is 9.81. The third kappa shape index (κ3) is 6.35. The van der Waals surface area contributed by atoms with Crippen LogP contribution in [0.1, 0.15) is 38.7 Å². The summed E-state index contributed by atoms with van der Waals surface area (Å²) in [5, 5.41) is 0.578. The number of thiol groups is 1. The maximum Gasteiger partial charge on any atom is 0.335 e. The standard InChI is InChI=1S/C18H22F2N2O5S3/c1-10(2)27-17(23)12-5-3-4-6-15(12)30(25,26)22-16-13(19)7-11(8-14(16)20)9-21-18(24)29-28/h5,7-8,10,15,22,28H,3-4,6,9H2,1-2H3,(H,21,24). The Morgan fingerprint density at radius 2 is 1.93 bits per heavy atom. The van der Waals surface area contributed by atoms with Gasteiger partial charge in [0.25, 0.3) is 5.24 Å². The molecule has 1 aromatic carbocycles. The van der Waals surface area contributed by atoms with Gasteiger partial charge in [0.05, 0.1) is 11.7 Å². The summed E-state index contributed by atoms with van der Waals surface area (Å²) in [6.07, 6.45) is 2.15. The fraction of sp³-hybridized carbons (Fsp3) is 0.444. The van der Waals surface area contributed by atoms with E-state index in [1.165, 1.54) is 6.08 Å². The van der Waals surface area contributed by atoms with Gasteiger partial charge in [-0.25, -0.2) is 22.0 Å². The van der Waals surface area contributed by atoms with Crippen molar-refractivity contribution in [2.45, 2.75) is 51.0 Å². The fourth-order valence-electron chi connectivity index (χ4n) is 2.91. The van der Waals surface area contributed by atoms with Gasteiger partial charge in [-0.1, -0.05) is 6.08 Å². The minimum atomic E-state index is -4.34. The summed E-state index contributed by atoms with van der Waals surface area (Å²) in [6, 6.07) is 1.82. The molecule has 12 heteroatoms. The summed E-state index contributed by atoms with van der Waals surface area (Å²) in [5.41, 5.74) is -0.801. The molecule has 0 heterocycles. The Bertz CT molecular complexity index is 928. The minimum absolute atomic E-state index is 0.0492. The fourth-order valence-corrected chi connectivity index (χ4v) is 4.87. The third-order valence-electron chi connectivity index (χ3n) is 4.20. The molecule has 0 saturated carbocycles. The first-order valence-corrected chi connectivity index (χ1v) is 12.5. The molecule has 7 nitrogen and oxygen atoms in total. The molecular weight excluding hydrogens is 458 g/mol.